The van der Waals surface area contributed by atoms with Crippen molar-refractivity contribution in [3.63, 3.8) is 0 Å². The molecule has 0 saturated carbocycles. The molecule has 0 aliphatic carbocycles. The Morgan fingerprint density at radius 1 is 0.277 bits per heavy atom. The van der Waals surface area contributed by atoms with Gasteiger partial charge in [0, 0.05) is 21.4 Å². The van der Waals surface area contributed by atoms with Crippen LogP contribution in [0, 0.1) is 0 Å². The monoisotopic (exact) mass is 637 g/mol. The molecule has 0 aliphatic rings. The van der Waals surface area contributed by atoms with Crippen molar-refractivity contribution in [3.8, 4) is 0 Å². The van der Waals surface area contributed by atoms with Crippen molar-refractivity contribution in [2.45, 2.75) is 0 Å². The Kier molecular flexibility index (Phi) is 8.34. The van der Waals surface area contributed by atoms with Crippen molar-refractivity contribution in [1.82, 2.24) is 0 Å². The second-order valence-corrected chi connectivity index (χ2v) is 15.9. The number of hydrogen-bond acceptors (Lipinski definition) is 1. The van der Waals surface area contributed by atoms with E-state index in [4.69, 9.17) is 0 Å². The van der Waals surface area contributed by atoms with Gasteiger partial charge in [-0.1, -0.05) is 194 Å². The molecule has 8 aromatic rings. The number of nitrogens with one attached hydrogen (secondary N) is 1. The van der Waals surface area contributed by atoms with Gasteiger partial charge in [0.2, 0.25) is 0 Å². The third kappa shape index (κ3) is 5.86. The Morgan fingerprint density at radius 3 is 0.915 bits per heavy atom. The minimum Gasteiger partial charge on any atom is -0.353 e. The normalized spacial score (nSPS) is 11.4. The van der Waals surface area contributed by atoms with Gasteiger partial charge in [0.25, 0.3) is 0 Å². The lowest BCUT2D eigenvalue weighted by Crippen LogP contribution is -2.25. The maximum Gasteiger partial charge on any atom is 0.0549 e. The summed E-state index contributed by atoms with van der Waals surface area (Å²) < 4.78 is 0. The summed E-state index contributed by atoms with van der Waals surface area (Å²) in [5, 5.41) is 17.1. The molecule has 8 rings (SSSR count). The quantitative estimate of drug-likeness (QED) is 0.164. The highest BCUT2D eigenvalue weighted by molar-refractivity contribution is 7.80. The lowest BCUT2D eigenvalue weighted by atomic mass is 10.1. The summed E-state index contributed by atoms with van der Waals surface area (Å²) in [7, 11) is -1.70. The molecule has 0 radical (unpaired) electrons. The molecule has 0 spiro atoms. The molecule has 8 aromatic carbocycles. The predicted molar refractivity (Wildman–Crippen MR) is 209 cm³/mol. The van der Waals surface area contributed by atoms with Crippen molar-refractivity contribution in [3.05, 3.63) is 194 Å². The summed E-state index contributed by atoms with van der Waals surface area (Å²) in [5.41, 5.74) is 2.35. The Bertz CT molecular complexity index is 2030. The zero-order chi connectivity index (χ0) is 31.4. The first-order chi connectivity index (χ1) is 23.3. The predicted octanol–water partition coefficient (Wildman–Crippen LogP) is 9.25. The Labute approximate surface area is 279 Å². The zero-order valence-electron chi connectivity index (χ0n) is 25.9. The molecule has 0 heterocycles. The Hall–Kier alpha value is -5.06. The fourth-order valence-electron chi connectivity index (χ4n) is 6.44. The fraction of sp³-hybridized carbons (Fsp3) is 0. The van der Waals surface area contributed by atoms with Crippen LogP contribution >= 0.6 is 15.8 Å². The van der Waals surface area contributed by atoms with Crippen LogP contribution in [0.5, 0.6) is 0 Å². The van der Waals surface area contributed by atoms with Crippen LogP contribution in [0.1, 0.15) is 0 Å². The fourth-order valence-corrected chi connectivity index (χ4v) is 11.3. The Balaban J connectivity index is 1.41. The van der Waals surface area contributed by atoms with Gasteiger partial charge >= 0.3 is 0 Å². The molecule has 0 aromatic heterocycles. The molecular weight excluding hydrogens is 604 g/mol. The highest BCUT2D eigenvalue weighted by Gasteiger charge is 2.25. The second kappa shape index (κ2) is 13.4. The lowest BCUT2D eigenvalue weighted by molar-refractivity contribution is 1.65. The summed E-state index contributed by atoms with van der Waals surface area (Å²) in [4.78, 5) is 0. The maximum absolute atomic E-state index is 4.20. The third-order valence-corrected chi connectivity index (χ3v) is 13.6. The summed E-state index contributed by atoms with van der Waals surface area (Å²) in [6.07, 6.45) is 0. The summed E-state index contributed by atoms with van der Waals surface area (Å²) in [6, 6.07) is 70.9. The molecule has 0 unspecified atom stereocenters. The second-order valence-electron chi connectivity index (χ2n) is 11.5. The first kappa shape index (κ1) is 29.3. The molecule has 0 bridgehead atoms. The zero-order valence-corrected chi connectivity index (χ0v) is 27.7. The smallest absolute Gasteiger partial charge is 0.0549 e. The van der Waals surface area contributed by atoms with Crippen LogP contribution in [0.2, 0.25) is 0 Å². The first-order valence-corrected chi connectivity index (χ1v) is 18.6. The average Bonchev–Trinajstić information content (AvgIpc) is 3.15. The molecule has 0 amide bonds. The van der Waals surface area contributed by atoms with Gasteiger partial charge in [-0.05, 0) is 47.8 Å². The minimum atomic E-state index is -0.849. The van der Waals surface area contributed by atoms with Crippen LogP contribution in [-0.4, -0.2) is 0 Å². The van der Waals surface area contributed by atoms with Crippen molar-refractivity contribution >= 4 is 80.6 Å². The van der Waals surface area contributed by atoms with Crippen LogP contribution in [0.3, 0.4) is 0 Å². The number of hydrogen-bond donors (Lipinski definition) is 1. The number of benzene rings is 8. The first-order valence-electron chi connectivity index (χ1n) is 16.0. The van der Waals surface area contributed by atoms with Crippen LogP contribution in [0.25, 0.3) is 21.5 Å². The third-order valence-electron chi connectivity index (χ3n) is 8.60. The van der Waals surface area contributed by atoms with E-state index in [0.717, 1.165) is 0 Å². The molecule has 3 heteroatoms. The van der Waals surface area contributed by atoms with Gasteiger partial charge in [0.15, 0.2) is 0 Å². The van der Waals surface area contributed by atoms with E-state index in [1.54, 1.807) is 0 Å². The maximum atomic E-state index is 4.20. The van der Waals surface area contributed by atoms with E-state index in [2.05, 4.69) is 199 Å². The van der Waals surface area contributed by atoms with E-state index < -0.39 is 15.8 Å². The van der Waals surface area contributed by atoms with Crippen LogP contribution in [0.4, 0.5) is 11.4 Å². The average molecular weight is 638 g/mol. The van der Waals surface area contributed by atoms with E-state index >= 15 is 0 Å². The van der Waals surface area contributed by atoms with Gasteiger partial charge in [-0.2, -0.15) is 0 Å². The van der Waals surface area contributed by atoms with Gasteiger partial charge in [0.05, 0.1) is 11.4 Å². The van der Waals surface area contributed by atoms with Gasteiger partial charge in [-0.25, -0.2) is 0 Å². The van der Waals surface area contributed by atoms with Crippen molar-refractivity contribution in [2.75, 3.05) is 5.32 Å². The molecule has 0 atom stereocenters. The highest BCUT2D eigenvalue weighted by atomic mass is 31.1. The highest BCUT2D eigenvalue weighted by Crippen LogP contribution is 2.43. The molecule has 1 N–H and O–H groups in total. The van der Waals surface area contributed by atoms with Gasteiger partial charge in [0.1, 0.15) is 0 Å². The topological polar surface area (TPSA) is 12.0 Å². The summed E-state index contributed by atoms with van der Waals surface area (Å²) >= 11 is 0. The van der Waals surface area contributed by atoms with Crippen molar-refractivity contribution in [2.24, 2.45) is 0 Å². The minimum absolute atomic E-state index is 0.849. The van der Waals surface area contributed by atoms with Crippen LogP contribution in [0.15, 0.2) is 194 Å². The van der Waals surface area contributed by atoms with Gasteiger partial charge in [-0.3, -0.25) is 0 Å². The van der Waals surface area contributed by atoms with Crippen molar-refractivity contribution < 1.29 is 0 Å². The SMILES string of the molecule is c1ccc(P(c2ccccc2)c2ccc3ccccc3c2Nc2c(P(c3ccccc3)c3ccccc3)ccc3ccccc23)cc1. The number of anilines is 2. The largest absolute Gasteiger partial charge is 0.353 e. The van der Waals surface area contributed by atoms with Crippen LogP contribution in [-0.2, 0) is 0 Å². The Morgan fingerprint density at radius 2 is 0.574 bits per heavy atom. The van der Waals surface area contributed by atoms with Crippen LogP contribution < -0.4 is 37.1 Å². The standard InChI is InChI=1S/C44H33NP2/c1-5-19-35(20-6-1)46(36-21-7-2-8-22-36)41-31-29-33-17-13-15-27-39(33)43(41)45-44-40-28-16-14-18-34(40)30-32-42(44)47(37-23-9-3-10-24-37)38-25-11-4-12-26-38/h1-32,45H. The van der Waals surface area contributed by atoms with E-state index in [9.17, 15) is 0 Å². The molecule has 47 heavy (non-hydrogen) atoms. The molecule has 0 aliphatic heterocycles. The van der Waals surface area contributed by atoms with E-state index in [-0.39, 0.29) is 0 Å². The molecular formula is C44H33NP2. The molecule has 0 saturated heterocycles. The van der Waals surface area contributed by atoms with E-state index in [1.807, 2.05) is 0 Å². The molecule has 224 valence electrons. The van der Waals surface area contributed by atoms with Gasteiger partial charge in [-0.15, -0.1) is 0 Å². The van der Waals surface area contributed by atoms with Crippen molar-refractivity contribution in [1.29, 1.82) is 0 Å². The summed E-state index contributed by atoms with van der Waals surface area (Å²) in [6.45, 7) is 0. The van der Waals surface area contributed by atoms with E-state index in [0.29, 0.717) is 0 Å². The molecule has 0 fully saturated rings. The van der Waals surface area contributed by atoms with Gasteiger partial charge < -0.3 is 5.32 Å². The van der Waals surface area contributed by atoms with E-state index in [1.165, 1.54) is 64.7 Å². The number of rotatable bonds is 8. The number of fused-ring (bicyclic) bond motifs is 2. The molecule has 1 nitrogen and oxygen atoms in total. The summed E-state index contributed by atoms with van der Waals surface area (Å²) in [5.74, 6) is 0. The lowest BCUT2D eigenvalue weighted by Gasteiger charge is -2.27.